The lowest BCUT2D eigenvalue weighted by Crippen LogP contribution is -2.58. The zero-order valence-electron chi connectivity index (χ0n) is 28.6. The maximum Gasteiger partial charge on any atom is 0.309 e. The fraction of sp³-hybridized carbons (Fsp3) is 0.861. The quantitative estimate of drug-likeness (QED) is 0.173. The highest BCUT2D eigenvalue weighted by atomic mass is 16.5. The van der Waals surface area contributed by atoms with Crippen LogP contribution < -0.4 is 0 Å². The van der Waals surface area contributed by atoms with Crippen molar-refractivity contribution >= 4 is 17.7 Å². The first kappa shape index (κ1) is 35.1. The molecule has 0 spiro atoms. The molecule has 44 heavy (non-hydrogen) atoms. The average Bonchev–Trinajstić information content (AvgIpc) is 3.15. The van der Waals surface area contributed by atoms with E-state index in [4.69, 9.17) is 9.84 Å². The van der Waals surface area contributed by atoms with Crippen LogP contribution in [0.4, 0.5) is 0 Å². The second-order valence-corrected chi connectivity index (χ2v) is 17.1. The Bertz CT molecular complexity index is 1190. The number of carbonyl (C=O) groups is 3. The maximum absolute atomic E-state index is 13.8. The molecule has 0 amide bonds. The van der Waals surface area contributed by atoms with Gasteiger partial charge in [-0.1, -0.05) is 52.7 Å². The monoisotopic (exact) mass is 618 g/mol. The van der Waals surface area contributed by atoms with Crippen molar-refractivity contribution in [3.63, 3.8) is 0 Å². The van der Waals surface area contributed by atoms with Crippen LogP contribution in [0.1, 0.15) is 133 Å². The number of carbonyl (C=O) groups excluding carboxylic acids is 2. The summed E-state index contributed by atoms with van der Waals surface area (Å²) >= 11 is 0. The van der Waals surface area contributed by atoms with Crippen LogP contribution in [-0.4, -0.2) is 61.6 Å². The molecule has 0 heterocycles. The summed E-state index contributed by atoms with van der Waals surface area (Å²) in [6.07, 6.45) is 5.21. The van der Waals surface area contributed by atoms with Crippen molar-refractivity contribution in [2.24, 2.45) is 39.4 Å². The smallest absolute Gasteiger partial charge is 0.309 e. The van der Waals surface area contributed by atoms with E-state index in [1.165, 1.54) is 18.1 Å². The second-order valence-electron chi connectivity index (χ2n) is 17.1. The number of hydrogen-bond donors (Lipinski definition) is 4. The van der Waals surface area contributed by atoms with Gasteiger partial charge in [0, 0.05) is 11.8 Å². The summed E-state index contributed by atoms with van der Waals surface area (Å²) in [5.41, 5.74) is -0.765. The summed E-state index contributed by atoms with van der Waals surface area (Å²) < 4.78 is 5.80. The minimum absolute atomic E-state index is 0.0235. The van der Waals surface area contributed by atoms with Gasteiger partial charge in [0.2, 0.25) is 0 Å². The Morgan fingerprint density at radius 2 is 1.59 bits per heavy atom. The van der Waals surface area contributed by atoms with E-state index in [1.807, 2.05) is 13.8 Å². The molecule has 4 aliphatic carbocycles. The Morgan fingerprint density at radius 1 is 0.955 bits per heavy atom. The van der Waals surface area contributed by atoms with Crippen molar-refractivity contribution in [3.8, 4) is 0 Å². The molecule has 8 heteroatoms. The maximum atomic E-state index is 13.8. The van der Waals surface area contributed by atoms with Crippen LogP contribution in [-0.2, 0) is 19.1 Å². The summed E-state index contributed by atoms with van der Waals surface area (Å²) in [6, 6.07) is 0. The molecule has 6 unspecified atom stereocenters. The predicted octanol–water partition coefficient (Wildman–Crippen LogP) is 5.99. The number of esters is 1. The van der Waals surface area contributed by atoms with Crippen molar-refractivity contribution < 1.29 is 39.5 Å². The van der Waals surface area contributed by atoms with Crippen molar-refractivity contribution in [1.29, 1.82) is 0 Å². The number of aliphatic hydroxyl groups excluding tert-OH is 1. The lowest BCUT2D eigenvalue weighted by atomic mass is 9.43. The number of carboxylic acid groups (broad SMARTS) is 1. The molecule has 9 atom stereocenters. The van der Waals surface area contributed by atoms with Gasteiger partial charge in [-0.15, -0.1) is 0 Å². The summed E-state index contributed by atoms with van der Waals surface area (Å²) in [7, 11) is 0. The largest absolute Gasteiger partial charge is 0.481 e. The SMILES string of the molecule is CC(CCC(O)C(C)(C)O)C1CC[C@@]2(C)C3=C(CC[C@]12C)[C@@]1(C)CC(OC(=O)CC(C)(O)CC(=O)O)C(=O)C(C)(C)C1CC3. The Kier molecular flexibility index (Phi) is 9.16. The zero-order chi connectivity index (χ0) is 33.3. The Morgan fingerprint density at radius 3 is 2.18 bits per heavy atom. The molecule has 2 saturated carbocycles. The molecule has 0 aromatic rings. The molecule has 4 aliphatic rings. The van der Waals surface area contributed by atoms with Gasteiger partial charge < -0.3 is 25.2 Å². The summed E-state index contributed by atoms with van der Waals surface area (Å²) in [5, 5.41) is 40.3. The molecule has 2 fully saturated rings. The van der Waals surface area contributed by atoms with Gasteiger partial charge in [0.15, 0.2) is 11.9 Å². The molecule has 0 radical (unpaired) electrons. The topological polar surface area (TPSA) is 141 Å². The van der Waals surface area contributed by atoms with Crippen LogP contribution in [0.3, 0.4) is 0 Å². The lowest BCUT2D eigenvalue weighted by molar-refractivity contribution is -0.174. The van der Waals surface area contributed by atoms with E-state index in [2.05, 4.69) is 27.7 Å². The first-order chi connectivity index (χ1) is 20.0. The standard InChI is InChI=1S/C36H58O8/c1-21(10-13-27(37)32(4,5)42)22-14-16-36(9)24-11-12-26-31(2,3)30(41)25(44-29(40)20-33(6,43)19-28(38)39)18-34(26,7)23(24)15-17-35(22,36)8/h21-22,25-27,37,42-43H,10-20H2,1-9H3,(H,38,39)/t21?,22?,25?,26?,27?,33?,34-,35-,36+/m1/s1. The molecule has 4 N–H and O–H groups in total. The second kappa shape index (κ2) is 11.5. The van der Waals surface area contributed by atoms with E-state index < -0.39 is 53.6 Å². The number of Topliss-reactive ketones (excluding diaryl/α,β-unsaturated/α-hetero) is 1. The molecule has 0 aliphatic heterocycles. The van der Waals surface area contributed by atoms with E-state index in [1.54, 1.807) is 13.8 Å². The van der Waals surface area contributed by atoms with Gasteiger partial charge in [-0.25, -0.2) is 0 Å². The number of allylic oxidation sites excluding steroid dienone is 2. The van der Waals surface area contributed by atoms with Gasteiger partial charge in [0.25, 0.3) is 0 Å². The van der Waals surface area contributed by atoms with Crippen LogP contribution in [0.2, 0.25) is 0 Å². The molecular formula is C36H58O8. The number of aliphatic carboxylic acids is 1. The van der Waals surface area contributed by atoms with E-state index in [0.29, 0.717) is 24.7 Å². The minimum atomic E-state index is -1.76. The molecule has 0 saturated heterocycles. The van der Waals surface area contributed by atoms with Crippen LogP contribution in [0.25, 0.3) is 0 Å². The summed E-state index contributed by atoms with van der Waals surface area (Å²) in [4.78, 5) is 37.9. The fourth-order valence-corrected chi connectivity index (χ4v) is 10.5. The summed E-state index contributed by atoms with van der Waals surface area (Å²) in [5.74, 6) is -0.992. The molecule has 4 rings (SSSR count). The molecule has 250 valence electrons. The minimum Gasteiger partial charge on any atom is -0.481 e. The lowest BCUT2D eigenvalue weighted by Gasteiger charge is -2.61. The van der Waals surface area contributed by atoms with Gasteiger partial charge in [0.05, 0.1) is 30.1 Å². The third-order valence-corrected chi connectivity index (χ3v) is 13.2. The van der Waals surface area contributed by atoms with Crippen LogP contribution in [0, 0.1) is 39.4 Å². The highest BCUT2D eigenvalue weighted by Gasteiger charge is 2.65. The molecular weight excluding hydrogens is 560 g/mol. The highest BCUT2D eigenvalue weighted by molar-refractivity contribution is 5.92. The first-order valence-corrected chi connectivity index (χ1v) is 16.8. The van der Waals surface area contributed by atoms with Gasteiger partial charge in [-0.2, -0.15) is 0 Å². The van der Waals surface area contributed by atoms with E-state index in [9.17, 15) is 29.7 Å². The van der Waals surface area contributed by atoms with Gasteiger partial charge >= 0.3 is 11.9 Å². The zero-order valence-corrected chi connectivity index (χ0v) is 28.6. The van der Waals surface area contributed by atoms with Gasteiger partial charge in [0.1, 0.15) is 0 Å². The van der Waals surface area contributed by atoms with Crippen molar-refractivity contribution in [1.82, 2.24) is 0 Å². The average molecular weight is 619 g/mol. The van der Waals surface area contributed by atoms with Gasteiger partial charge in [-0.05, 0) is 106 Å². The number of rotatable bonds is 10. The molecule has 8 nitrogen and oxygen atoms in total. The van der Waals surface area contributed by atoms with E-state index in [-0.39, 0.29) is 27.9 Å². The van der Waals surface area contributed by atoms with Crippen LogP contribution >= 0.6 is 0 Å². The van der Waals surface area contributed by atoms with Crippen molar-refractivity contribution in [2.45, 2.75) is 156 Å². The van der Waals surface area contributed by atoms with Crippen molar-refractivity contribution in [3.05, 3.63) is 11.1 Å². The Labute approximate surface area is 264 Å². The first-order valence-electron chi connectivity index (χ1n) is 16.8. The Hall–Kier alpha value is -1.77. The third-order valence-electron chi connectivity index (χ3n) is 13.2. The fourth-order valence-electron chi connectivity index (χ4n) is 10.5. The molecule has 0 aromatic carbocycles. The summed E-state index contributed by atoms with van der Waals surface area (Å²) in [6.45, 7) is 18.1. The Balaban J connectivity index is 1.60. The number of hydrogen-bond acceptors (Lipinski definition) is 7. The molecule has 0 aromatic heterocycles. The highest BCUT2D eigenvalue weighted by Crippen LogP contribution is 2.72. The van der Waals surface area contributed by atoms with Gasteiger partial charge in [-0.3, -0.25) is 14.4 Å². The van der Waals surface area contributed by atoms with Crippen LogP contribution in [0.15, 0.2) is 11.1 Å². The normalized spacial score (nSPS) is 37.7. The number of ether oxygens (including phenoxy) is 1. The third kappa shape index (κ3) is 5.92. The van der Waals surface area contributed by atoms with Crippen LogP contribution in [0.5, 0.6) is 0 Å². The predicted molar refractivity (Wildman–Crippen MR) is 168 cm³/mol. The number of fused-ring (bicyclic) bond motifs is 4. The number of carboxylic acids is 1. The van der Waals surface area contributed by atoms with Crippen molar-refractivity contribution in [2.75, 3.05) is 0 Å². The molecule has 0 bridgehead atoms. The van der Waals surface area contributed by atoms with E-state index in [0.717, 1.165) is 44.9 Å². The number of ketones is 1. The van der Waals surface area contributed by atoms with E-state index >= 15 is 0 Å². The number of aliphatic hydroxyl groups is 3.